The van der Waals surface area contributed by atoms with Gasteiger partial charge < -0.3 is 15.0 Å². The molecule has 0 radical (unpaired) electrons. The minimum atomic E-state index is -4.48. The SMILES string of the molecule is CCN(CC)CCNC(=O)c1cc(Cl)c(NS(=O)(=O)O)cc1OC. The Kier molecular flexibility index (Phi) is 7.74. The van der Waals surface area contributed by atoms with Crippen molar-refractivity contribution in [3.8, 4) is 5.75 Å². The molecule has 10 heteroatoms. The van der Waals surface area contributed by atoms with E-state index in [0.717, 1.165) is 13.1 Å². The number of carbonyl (C=O) groups is 1. The molecular formula is C14H22ClN3O5S. The predicted octanol–water partition coefficient (Wildman–Crippen LogP) is 1.63. The molecule has 1 aromatic carbocycles. The largest absolute Gasteiger partial charge is 0.496 e. The third-order valence-corrected chi connectivity index (χ3v) is 4.17. The summed E-state index contributed by atoms with van der Waals surface area (Å²) in [6.45, 7) is 7.00. The van der Waals surface area contributed by atoms with E-state index in [2.05, 4.69) is 10.2 Å². The quantitative estimate of drug-likeness (QED) is 0.563. The first-order chi connectivity index (χ1) is 11.2. The Bertz CT molecular complexity index is 677. The molecule has 0 atom stereocenters. The smallest absolute Gasteiger partial charge is 0.357 e. The molecule has 0 unspecified atom stereocenters. The first-order valence-electron chi connectivity index (χ1n) is 7.35. The van der Waals surface area contributed by atoms with Crippen molar-refractivity contribution < 1.29 is 22.5 Å². The summed E-state index contributed by atoms with van der Waals surface area (Å²) >= 11 is 5.96. The van der Waals surface area contributed by atoms with E-state index in [1.807, 2.05) is 18.6 Å². The molecule has 0 bridgehead atoms. The van der Waals surface area contributed by atoms with Gasteiger partial charge in [-0.05, 0) is 19.2 Å². The van der Waals surface area contributed by atoms with Gasteiger partial charge in [0, 0.05) is 19.2 Å². The molecule has 0 spiro atoms. The number of amides is 1. The predicted molar refractivity (Wildman–Crippen MR) is 93.3 cm³/mol. The molecule has 1 aromatic rings. The van der Waals surface area contributed by atoms with Crippen LogP contribution in [0, 0.1) is 0 Å². The van der Waals surface area contributed by atoms with Gasteiger partial charge in [-0.25, -0.2) is 0 Å². The van der Waals surface area contributed by atoms with Crippen LogP contribution in [0.4, 0.5) is 5.69 Å². The molecule has 1 rings (SSSR count). The zero-order valence-corrected chi connectivity index (χ0v) is 15.4. The van der Waals surface area contributed by atoms with E-state index in [-0.39, 0.29) is 27.9 Å². The lowest BCUT2D eigenvalue weighted by atomic mass is 10.1. The van der Waals surface area contributed by atoms with E-state index in [1.54, 1.807) is 0 Å². The van der Waals surface area contributed by atoms with E-state index in [0.29, 0.717) is 13.1 Å². The first-order valence-corrected chi connectivity index (χ1v) is 9.16. The van der Waals surface area contributed by atoms with Gasteiger partial charge in [0.1, 0.15) is 5.75 Å². The van der Waals surface area contributed by atoms with Gasteiger partial charge in [0.15, 0.2) is 0 Å². The van der Waals surface area contributed by atoms with Crippen LogP contribution in [0.1, 0.15) is 24.2 Å². The maximum atomic E-state index is 12.3. The van der Waals surface area contributed by atoms with Crippen molar-refractivity contribution in [2.45, 2.75) is 13.8 Å². The van der Waals surface area contributed by atoms with Crippen molar-refractivity contribution in [2.75, 3.05) is 38.0 Å². The Labute approximate surface area is 147 Å². The Hall–Kier alpha value is -1.55. The number of anilines is 1. The number of hydrogen-bond donors (Lipinski definition) is 3. The maximum Gasteiger partial charge on any atom is 0.357 e. The first kappa shape index (κ1) is 20.5. The molecular weight excluding hydrogens is 358 g/mol. The Morgan fingerprint density at radius 2 is 1.96 bits per heavy atom. The zero-order valence-electron chi connectivity index (χ0n) is 13.8. The lowest BCUT2D eigenvalue weighted by Gasteiger charge is -2.18. The van der Waals surface area contributed by atoms with Gasteiger partial charge >= 0.3 is 10.3 Å². The number of benzene rings is 1. The Morgan fingerprint density at radius 3 is 2.46 bits per heavy atom. The lowest BCUT2D eigenvalue weighted by Crippen LogP contribution is -2.34. The second-order valence-corrected chi connectivity index (χ2v) is 6.45. The van der Waals surface area contributed by atoms with Gasteiger partial charge in [-0.2, -0.15) is 8.42 Å². The molecule has 0 saturated carbocycles. The van der Waals surface area contributed by atoms with Gasteiger partial charge in [-0.1, -0.05) is 25.4 Å². The summed E-state index contributed by atoms with van der Waals surface area (Å²) in [6, 6.07) is 2.51. The zero-order chi connectivity index (χ0) is 18.3. The molecule has 0 heterocycles. The van der Waals surface area contributed by atoms with E-state index in [9.17, 15) is 13.2 Å². The second kappa shape index (κ2) is 9.07. The fraction of sp³-hybridized carbons (Fsp3) is 0.500. The number of rotatable bonds is 9. The minimum Gasteiger partial charge on any atom is -0.496 e. The van der Waals surface area contributed by atoms with Crippen molar-refractivity contribution in [1.82, 2.24) is 10.2 Å². The highest BCUT2D eigenvalue weighted by Gasteiger charge is 2.18. The molecule has 3 N–H and O–H groups in total. The fourth-order valence-corrected chi connectivity index (χ4v) is 2.79. The number of ether oxygens (including phenoxy) is 1. The van der Waals surface area contributed by atoms with Crippen LogP contribution in [0.3, 0.4) is 0 Å². The van der Waals surface area contributed by atoms with E-state index in [4.69, 9.17) is 20.9 Å². The number of hydrogen-bond acceptors (Lipinski definition) is 5. The van der Waals surface area contributed by atoms with Gasteiger partial charge in [-0.15, -0.1) is 0 Å². The van der Waals surface area contributed by atoms with Gasteiger partial charge in [0.2, 0.25) is 0 Å². The molecule has 24 heavy (non-hydrogen) atoms. The summed E-state index contributed by atoms with van der Waals surface area (Å²) in [5.74, 6) is -0.259. The van der Waals surface area contributed by atoms with Crippen molar-refractivity contribution >= 4 is 33.5 Å². The van der Waals surface area contributed by atoms with Crippen molar-refractivity contribution in [2.24, 2.45) is 0 Å². The average molecular weight is 380 g/mol. The van der Waals surface area contributed by atoms with Crippen molar-refractivity contribution in [3.63, 3.8) is 0 Å². The van der Waals surface area contributed by atoms with Crippen LogP contribution in [0.5, 0.6) is 5.75 Å². The standard InChI is InChI=1S/C14H22ClN3O5S/c1-4-18(5-2)7-6-16-14(19)10-8-11(15)12(9-13(10)23-3)17-24(20,21)22/h8-9,17H,4-7H2,1-3H3,(H,16,19)(H,20,21,22). The van der Waals surface area contributed by atoms with E-state index in [1.165, 1.54) is 19.2 Å². The highest BCUT2D eigenvalue weighted by molar-refractivity contribution is 7.87. The fourth-order valence-electron chi connectivity index (χ4n) is 2.08. The molecule has 0 aliphatic rings. The summed E-state index contributed by atoms with van der Waals surface area (Å²) in [5.41, 5.74) is 0.0821. The second-order valence-electron chi connectivity index (χ2n) is 4.89. The summed E-state index contributed by atoms with van der Waals surface area (Å²) in [6.07, 6.45) is 0. The third kappa shape index (κ3) is 6.16. The molecule has 136 valence electrons. The van der Waals surface area contributed by atoms with Gasteiger partial charge in [0.25, 0.3) is 5.91 Å². The molecule has 0 aromatic heterocycles. The molecule has 0 aliphatic carbocycles. The van der Waals surface area contributed by atoms with Crippen LogP contribution in [0.2, 0.25) is 5.02 Å². The van der Waals surface area contributed by atoms with Crippen molar-refractivity contribution in [1.29, 1.82) is 0 Å². The number of likely N-dealkylation sites (N-methyl/N-ethyl adjacent to an activating group) is 1. The summed E-state index contributed by atoms with van der Waals surface area (Å²) < 4.78 is 37.6. The molecule has 0 fully saturated rings. The Morgan fingerprint density at radius 1 is 1.33 bits per heavy atom. The number of nitrogens with one attached hydrogen (secondary N) is 2. The molecule has 0 aliphatic heterocycles. The number of nitrogens with zero attached hydrogens (tertiary/aromatic N) is 1. The number of carbonyl (C=O) groups excluding carboxylic acids is 1. The summed E-state index contributed by atoms with van der Waals surface area (Å²) in [4.78, 5) is 14.4. The van der Waals surface area contributed by atoms with E-state index >= 15 is 0 Å². The molecule has 8 nitrogen and oxygen atoms in total. The molecule has 1 amide bonds. The van der Waals surface area contributed by atoms with Crippen LogP contribution in [-0.2, 0) is 10.3 Å². The lowest BCUT2D eigenvalue weighted by molar-refractivity contribution is 0.0946. The van der Waals surface area contributed by atoms with Crippen LogP contribution >= 0.6 is 11.6 Å². The normalized spacial score (nSPS) is 11.4. The van der Waals surface area contributed by atoms with Gasteiger partial charge in [0.05, 0.1) is 23.4 Å². The topological polar surface area (TPSA) is 108 Å². The van der Waals surface area contributed by atoms with Gasteiger partial charge in [-0.3, -0.25) is 14.1 Å². The summed E-state index contributed by atoms with van der Waals surface area (Å²) in [5, 5.41) is 2.72. The van der Waals surface area contributed by atoms with E-state index < -0.39 is 10.3 Å². The average Bonchev–Trinajstić information content (AvgIpc) is 2.51. The maximum absolute atomic E-state index is 12.3. The third-order valence-electron chi connectivity index (χ3n) is 3.38. The van der Waals surface area contributed by atoms with Crippen LogP contribution in [0.25, 0.3) is 0 Å². The van der Waals surface area contributed by atoms with Crippen LogP contribution in [0.15, 0.2) is 12.1 Å². The minimum absolute atomic E-state index is 0.0395. The van der Waals surface area contributed by atoms with Crippen LogP contribution in [-0.4, -0.2) is 57.1 Å². The number of methoxy groups -OCH3 is 1. The monoisotopic (exact) mass is 379 g/mol. The molecule has 0 saturated heterocycles. The highest BCUT2D eigenvalue weighted by Crippen LogP contribution is 2.31. The highest BCUT2D eigenvalue weighted by atomic mass is 35.5. The van der Waals surface area contributed by atoms with Crippen LogP contribution < -0.4 is 14.8 Å². The number of halogens is 1. The summed E-state index contributed by atoms with van der Waals surface area (Å²) in [7, 11) is -3.14. The Balaban J connectivity index is 2.91. The van der Waals surface area contributed by atoms with Crippen molar-refractivity contribution in [3.05, 3.63) is 22.7 Å².